The van der Waals surface area contributed by atoms with Gasteiger partial charge in [0.1, 0.15) is 11.6 Å². The van der Waals surface area contributed by atoms with Crippen LogP contribution in [0.2, 0.25) is 0 Å². The van der Waals surface area contributed by atoms with Crippen molar-refractivity contribution < 1.29 is 0 Å². The summed E-state index contributed by atoms with van der Waals surface area (Å²) >= 11 is 3.27. The minimum absolute atomic E-state index is 0.769. The lowest BCUT2D eigenvalue weighted by Gasteiger charge is -2.07. The predicted molar refractivity (Wildman–Crippen MR) is 75.0 cm³/mol. The van der Waals surface area contributed by atoms with E-state index in [2.05, 4.69) is 32.0 Å². The third kappa shape index (κ3) is 3.34. The smallest absolute Gasteiger partial charge is 0.191 e. The fraction of sp³-hybridized carbons (Fsp3) is 0.273. The molecule has 0 aromatic carbocycles. The quantitative estimate of drug-likeness (QED) is 0.644. The minimum atomic E-state index is 0.769. The third-order valence-electron chi connectivity index (χ3n) is 2.17. The van der Waals surface area contributed by atoms with Crippen molar-refractivity contribution >= 4 is 34.7 Å². The number of anilines is 2. The lowest BCUT2D eigenvalue weighted by atomic mass is 10.4. The van der Waals surface area contributed by atoms with Gasteiger partial charge in [0.05, 0.1) is 6.54 Å². The Morgan fingerprint density at radius 3 is 2.82 bits per heavy atom. The van der Waals surface area contributed by atoms with Gasteiger partial charge in [0.25, 0.3) is 0 Å². The highest BCUT2D eigenvalue weighted by molar-refractivity contribution is 7.98. The van der Waals surface area contributed by atoms with Crippen molar-refractivity contribution in [1.82, 2.24) is 9.97 Å². The number of aromatic nitrogens is 2. The van der Waals surface area contributed by atoms with E-state index in [1.54, 1.807) is 11.3 Å². The standard InChI is InChI=1S/C11H14N4S2/c1-12-9-6-10(15-11(14-9)16-2)13-7-8-4-3-5-17-8/h3-6H,7H2,1-2H3,(H2,12,13,14,15). The fourth-order valence-corrected chi connectivity index (χ4v) is 2.35. The highest BCUT2D eigenvalue weighted by Gasteiger charge is 2.03. The first-order valence-corrected chi connectivity index (χ1v) is 7.29. The van der Waals surface area contributed by atoms with E-state index < -0.39 is 0 Å². The monoisotopic (exact) mass is 266 g/mol. The van der Waals surface area contributed by atoms with Gasteiger partial charge >= 0.3 is 0 Å². The SMILES string of the molecule is CNc1cc(NCc2cccs2)nc(SC)n1. The molecular formula is C11H14N4S2. The predicted octanol–water partition coefficient (Wildman–Crippen LogP) is 2.91. The molecule has 17 heavy (non-hydrogen) atoms. The van der Waals surface area contributed by atoms with Gasteiger partial charge < -0.3 is 10.6 Å². The fourth-order valence-electron chi connectivity index (χ4n) is 1.33. The molecule has 0 radical (unpaired) electrons. The number of nitrogens with one attached hydrogen (secondary N) is 2. The summed E-state index contributed by atoms with van der Waals surface area (Å²) in [4.78, 5) is 10.0. The summed E-state index contributed by atoms with van der Waals surface area (Å²) in [6.07, 6.45) is 1.97. The van der Waals surface area contributed by atoms with Crippen LogP contribution in [0.5, 0.6) is 0 Å². The van der Waals surface area contributed by atoms with Gasteiger partial charge in [0.15, 0.2) is 5.16 Å². The molecule has 2 rings (SSSR count). The number of hydrogen-bond acceptors (Lipinski definition) is 6. The maximum absolute atomic E-state index is 4.40. The molecule has 0 saturated heterocycles. The van der Waals surface area contributed by atoms with E-state index >= 15 is 0 Å². The number of hydrogen-bond donors (Lipinski definition) is 2. The first-order chi connectivity index (χ1) is 8.31. The van der Waals surface area contributed by atoms with E-state index in [1.807, 2.05) is 25.4 Å². The molecule has 0 unspecified atom stereocenters. The van der Waals surface area contributed by atoms with Gasteiger partial charge in [-0.2, -0.15) is 0 Å². The van der Waals surface area contributed by atoms with E-state index in [0.29, 0.717) is 0 Å². The molecule has 2 N–H and O–H groups in total. The summed E-state index contributed by atoms with van der Waals surface area (Å²) < 4.78 is 0. The Kier molecular flexibility index (Phi) is 4.22. The molecule has 90 valence electrons. The molecule has 2 heterocycles. The van der Waals surface area contributed by atoms with Crippen molar-refractivity contribution in [2.45, 2.75) is 11.7 Å². The molecule has 0 fully saturated rings. The van der Waals surface area contributed by atoms with Crippen molar-refractivity contribution in [3.63, 3.8) is 0 Å². The van der Waals surface area contributed by atoms with Gasteiger partial charge in [-0.15, -0.1) is 11.3 Å². The van der Waals surface area contributed by atoms with Crippen LogP contribution >= 0.6 is 23.1 Å². The van der Waals surface area contributed by atoms with Crippen LogP contribution in [0.3, 0.4) is 0 Å². The number of nitrogens with zero attached hydrogens (tertiary/aromatic N) is 2. The van der Waals surface area contributed by atoms with E-state index in [9.17, 15) is 0 Å². The van der Waals surface area contributed by atoms with Crippen LogP contribution in [-0.4, -0.2) is 23.3 Å². The van der Waals surface area contributed by atoms with Gasteiger partial charge in [-0.1, -0.05) is 17.8 Å². The normalized spacial score (nSPS) is 10.2. The van der Waals surface area contributed by atoms with Crippen LogP contribution in [-0.2, 0) is 6.54 Å². The van der Waals surface area contributed by atoms with Crippen molar-refractivity contribution in [3.8, 4) is 0 Å². The first-order valence-electron chi connectivity index (χ1n) is 5.19. The zero-order chi connectivity index (χ0) is 12.1. The Bertz CT molecular complexity index is 448. The topological polar surface area (TPSA) is 49.8 Å². The summed E-state index contributed by atoms with van der Waals surface area (Å²) in [5.74, 6) is 1.68. The summed E-state index contributed by atoms with van der Waals surface area (Å²) in [5, 5.41) is 9.18. The van der Waals surface area contributed by atoms with Crippen LogP contribution < -0.4 is 10.6 Å². The maximum atomic E-state index is 4.40. The molecule has 0 aliphatic heterocycles. The second kappa shape index (κ2) is 5.88. The molecule has 6 heteroatoms. The van der Waals surface area contributed by atoms with Crippen molar-refractivity contribution in [2.24, 2.45) is 0 Å². The van der Waals surface area contributed by atoms with E-state index in [1.165, 1.54) is 16.6 Å². The van der Waals surface area contributed by atoms with Gasteiger partial charge in [-0.05, 0) is 17.7 Å². The first kappa shape index (κ1) is 12.2. The number of thioether (sulfide) groups is 1. The summed E-state index contributed by atoms with van der Waals surface area (Å²) in [7, 11) is 1.86. The second-order valence-corrected chi connectivity index (χ2v) is 5.11. The highest BCUT2D eigenvalue weighted by Crippen LogP contribution is 2.18. The van der Waals surface area contributed by atoms with Crippen LogP contribution in [0.4, 0.5) is 11.6 Å². The van der Waals surface area contributed by atoms with E-state index in [0.717, 1.165) is 23.3 Å². The molecule has 4 nitrogen and oxygen atoms in total. The molecule has 0 saturated carbocycles. The molecule has 2 aromatic heterocycles. The Hall–Kier alpha value is -1.27. The molecule has 0 aliphatic rings. The molecule has 0 amide bonds. The van der Waals surface area contributed by atoms with Crippen molar-refractivity contribution in [2.75, 3.05) is 23.9 Å². The second-order valence-electron chi connectivity index (χ2n) is 3.31. The van der Waals surface area contributed by atoms with Gasteiger partial charge in [0.2, 0.25) is 0 Å². The minimum Gasteiger partial charge on any atom is -0.373 e. The largest absolute Gasteiger partial charge is 0.373 e. The number of rotatable bonds is 5. The summed E-state index contributed by atoms with van der Waals surface area (Å²) in [6, 6.07) is 6.06. The zero-order valence-corrected chi connectivity index (χ0v) is 11.4. The lowest BCUT2D eigenvalue weighted by molar-refractivity contribution is 0.961. The van der Waals surface area contributed by atoms with Crippen LogP contribution in [0.25, 0.3) is 0 Å². The number of thiophene rings is 1. The van der Waals surface area contributed by atoms with Gasteiger partial charge in [-0.25, -0.2) is 9.97 Å². The van der Waals surface area contributed by atoms with Crippen LogP contribution in [0.15, 0.2) is 28.7 Å². The van der Waals surface area contributed by atoms with Crippen molar-refractivity contribution in [3.05, 3.63) is 28.5 Å². The molecular weight excluding hydrogens is 252 g/mol. The zero-order valence-electron chi connectivity index (χ0n) is 9.73. The molecule has 0 aliphatic carbocycles. The van der Waals surface area contributed by atoms with Crippen LogP contribution in [0.1, 0.15) is 4.88 Å². The Morgan fingerprint density at radius 2 is 2.18 bits per heavy atom. The molecule has 0 atom stereocenters. The summed E-state index contributed by atoms with van der Waals surface area (Å²) in [5.41, 5.74) is 0. The highest BCUT2D eigenvalue weighted by atomic mass is 32.2. The average molecular weight is 266 g/mol. The molecule has 2 aromatic rings. The Labute approximate surface area is 109 Å². The van der Waals surface area contributed by atoms with E-state index in [4.69, 9.17) is 0 Å². The average Bonchev–Trinajstić information content (AvgIpc) is 2.89. The van der Waals surface area contributed by atoms with Crippen LogP contribution in [0, 0.1) is 0 Å². The van der Waals surface area contributed by atoms with E-state index in [-0.39, 0.29) is 0 Å². The van der Waals surface area contributed by atoms with Gasteiger partial charge in [-0.3, -0.25) is 0 Å². The Balaban J connectivity index is 2.09. The van der Waals surface area contributed by atoms with Gasteiger partial charge in [0, 0.05) is 18.0 Å². The third-order valence-corrected chi connectivity index (χ3v) is 3.59. The van der Waals surface area contributed by atoms with Crippen molar-refractivity contribution in [1.29, 1.82) is 0 Å². The molecule has 0 bridgehead atoms. The maximum Gasteiger partial charge on any atom is 0.191 e. The lowest BCUT2D eigenvalue weighted by Crippen LogP contribution is -2.03. The summed E-state index contributed by atoms with van der Waals surface area (Å²) in [6.45, 7) is 0.797. The Morgan fingerprint density at radius 1 is 1.35 bits per heavy atom. The molecule has 0 spiro atoms.